The van der Waals surface area contributed by atoms with Crippen molar-refractivity contribution in [3.8, 4) is 0 Å². The van der Waals surface area contributed by atoms with Crippen molar-refractivity contribution in [3.63, 3.8) is 0 Å². The molecule has 3 amide bonds. The van der Waals surface area contributed by atoms with Gasteiger partial charge in [0, 0.05) is 25.9 Å². The topological polar surface area (TPSA) is 66.5 Å². The van der Waals surface area contributed by atoms with Gasteiger partial charge < -0.3 is 4.90 Å². The molecule has 0 spiro atoms. The molecule has 1 rings (SSSR count). The van der Waals surface area contributed by atoms with Crippen LogP contribution in [0.3, 0.4) is 0 Å². The van der Waals surface area contributed by atoms with Gasteiger partial charge in [0.1, 0.15) is 0 Å². The molecule has 1 fully saturated rings. The van der Waals surface area contributed by atoms with Gasteiger partial charge in [0.15, 0.2) is 0 Å². The van der Waals surface area contributed by atoms with E-state index in [1.54, 1.807) is 0 Å². The summed E-state index contributed by atoms with van der Waals surface area (Å²) in [5.41, 5.74) is 0. The first-order valence-electron chi connectivity index (χ1n) is 7.19. The van der Waals surface area contributed by atoms with Crippen LogP contribution in [-0.4, -0.2) is 35.7 Å². The summed E-state index contributed by atoms with van der Waals surface area (Å²) in [7, 11) is 0. The fourth-order valence-electron chi connectivity index (χ4n) is 2.17. The van der Waals surface area contributed by atoms with Crippen molar-refractivity contribution in [1.82, 2.24) is 10.2 Å². The summed E-state index contributed by atoms with van der Waals surface area (Å²) in [5.74, 6) is -1.04. The van der Waals surface area contributed by atoms with Gasteiger partial charge in [-0.1, -0.05) is 26.7 Å². The van der Waals surface area contributed by atoms with Crippen molar-refractivity contribution >= 4 is 17.7 Å². The van der Waals surface area contributed by atoms with Crippen molar-refractivity contribution in [1.29, 1.82) is 0 Å². The predicted octanol–water partition coefficient (Wildman–Crippen LogP) is 1.47. The predicted molar refractivity (Wildman–Crippen MR) is 72.3 cm³/mol. The fraction of sp³-hybridized carbons (Fsp3) is 0.786. The minimum absolute atomic E-state index is 0.00301. The number of carbonyl (C=O) groups excluding carboxylic acids is 3. The SMILES string of the molecule is CCCCN(CCCC)C(=O)C[C@@H]1CC(=O)NC1=O. The normalized spacial score (nSPS) is 18.5. The third kappa shape index (κ3) is 5.01. The minimum Gasteiger partial charge on any atom is -0.343 e. The van der Waals surface area contributed by atoms with Crippen molar-refractivity contribution in [3.05, 3.63) is 0 Å². The molecule has 108 valence electrons. The summed E-state index contributed by atoms with van der Waals surface area (Å²) in [6.07, 6.45) is 4.35. The minimum atomic E-state index is -0.467. The van der Waals surface area contributed by atoms with Crippen LogP contribution in [-0.2, 0) is 14.4 Å². The van der Waals surface area contributed by atoms with Crippen LogP contribution in [0.25, 0.3) is 0 Å². The quantitative estimate of drug-likeness (QED) is 0.678. The standard InChI is InChI=1S/C14H24N2O3/c1-3-5-7-16(8-6-4-2)13(18)10-11-9-12(17)15-14(11)19/h11H,3-10H2,1-2H3,(H,15,17,19)/t11-/m0/s1. The van der Waals surface area contributed by atoms with E-state index in [-0.39, 0.29) is 30.6 Å². The zero-order valence-corrected chi connectivity index (χ0v) is 11.9. The highest BCUT2D eigenvalue weighted by Crippen LogP contribution is 2.17. The molecule has 0 unspecified atom stereocenters. The molecule has 0 bridgehead atoms. The van der Waals surface area contributed by atoms with Gasteiger partial charge in [-0.3, -0.25) is 19.7 Å². The fourth-order valence-corrected chi connectivity index (χ4v) is 2.17. The molecule has 0 aromatic rings. The van der Waals surface area contributed by atoms with Crippen LogP contribution in [0.4, 0.5) is 0 Å². The Hall–Kier alpha value is -1.39. The van der Waals surface area contributed by atoms with Crippen molar-refractivity contribution < 1.29 is 14.4 Å². The molecule has 5 heteroatoms. The van der Waals surface area contributed by atoms with Crippen LogP contribution >= 0.6 is 0 Å². The molecule has 1 aliphatic heterocycles. The zero-order valence-electron chi connectivity index (χ0n) is 11.9. The van der Waals surface area contributed by atoms with E-state index in [2.05, 4.69) is 19.2 Å². The summed E-state index contributed by atoms with van der Waals surface area (Å²) in [4.78, 5) is 36.6. The highest BCUT2D eigenvalue weighted by atomic mass is 16.2. The molecule has 19 heavy (non-hydrogen) atoms. The van der Waals surface area contributed by atoms with Crippen LogP contribution < -0.4 is 5.32 Å². The third-order valence-corrected chi connectivity index (χ3v) is 3.40. The van der Waals surface area contributed by atoms with E-state index in [0.29, 0.717) is 0 Å². The van der Waals surface area contributed by atoms with E-state index in [1.807, 2.05) is 4.90 Å². The molecule has 0 aliphatic carbocycles. The van der Waals surface area contributed by atoms with E-state index in [4.69, 9.17) is 0 Å². The zero-order chi connectivity index (χ0) is 14.3. The summed E-state index contributed by atoms with van der Waals surface area (Å²) < 4.78 is 0. The molecule has 1 aliphatic rings. The first-order valence-corrected chi connectivity index (χ1v) is 7.19. The second-order valence-electron chi connectivity index (χ2n) is 5.11. The van der Waals surface area contributed by atoms with Crippen LogP contribution in [0.2, 0.25) is 0 Å². The molecule has 1 atom stereocenters. The number of hydrogen-bond donors (Lipinski definition) is 1. The van der Waals surface area contributed by atoms with Gasteiger partial charge in [-0.25, -0.2) is 0 Å². The van der Waals surface area contributed by atoms with E-state index >= 15 is 0 Å². The molecule has 0 saturated carbocycles. The van der Waals surface area contributed by atoms with Crippen LogP contribution in [0, 0.1) is 5.92 Å². The molecule has 1 heterocycles. The van der Waals surface area contributed by atoms with Crippen molar-refractivity contribution in [2.75, 3.05) is 13.1 Å². The monoisotopic (exact) mass is 268 g/mol. The van der Waals surface area contributed by atoms with Gasteiger partial charge >= 0.3 is 0 Å². The van der Waals surface area contributed by atoms with E-state index < -0.39 is 5.92 Å². The molecule has 0 radical (unpaired) electrons. The van der Waals surface area contributed by atoms with Gasteiger partial charge in [0.05, 0.1) is 5.92 Å². The van der Waals surface area contributed by atoms with Gasteiger partial charge in [-0.05, 0) is 12.8 Å². The molecule has 1 N–H and O–H groups in total. The maximum atomic E-state index is 12.2. The van der Waals surface area contributed by atoms with E-state index in [1.165, 1.54) is 0 Å². The van der Waals surface area contributed by atoms with Crippen LogP contribution in [0.5, 0.6) is 0 Å². The van der Waals surface area contributed by atoms with E-state index in [9.17, 15) is 14.4 Å². The smallest absolute Gasteiger partial charge is 0.230 e. The molecular weight excluding hydrogens is 244 g/mol. The van der Waals surface area contributed by atoms with Gasteiger partial charge in [-0.15, -0.1) is 0 Å². The van der Waals surface area contributed by atoms with Gasteiger partial charge in [-0.2, -0.15) is 0 Å². The number of amides is 3. The second kappa shape index (κ2) is 7.92. The summed E-state index contributed by atoms with van der Waals surface area (Å²) in [5, 5.41) is 2.25. The second-order valence-corrected chi connectivity index (χ2v) is 5.11. The number of rotatable bonds is 8. The molecule has 0 aromatic carbocycles. The molecule has 1 saturated heterocycles. The number of hydrogen-bond acceptors (Lipinski definition) is 3. The lowest BCUT2D eigenvalue weighted by Gasteiger charge is -2.23. The Labute approximate surface area is 114 Å². The summed E-state index contributed by atoms with van der Waals surface area (Å²) >= 11 is 0. The number of unbranched alkanes of at least 4 members (excludes halogenated alkanes) is 2. The largest absolute Gasteiger partial charge is 0.343 e. The number of nitrogens with zero attached hydrogens (tertiary/aromatic N) is 1. The van der Waals surface area contributed by atoms with Crippen LogP contribution in [0.1, 0.15) is 52.4 Å². The molecule has 5 nitrogen and oxygen atoms in total. The lowest BCUT2D eigenvalue weighted by Crippen LogP contribution is -2.35. The van der Waals surface area contributed by atoms with Crippen LogP contribution in [0.15, 0.2) is 0 Å². The Morgan fingerprint density at radius 1 is 1.21 bits per heavy atom. The Morgan fingerprint density at radius 2 is 1.79 bits per heavy atom. The Balaban J connectivity index is 2.50. The van der Waals surface area contributed by atoms with Gasteiger partial charge in [0.25, 0.3) is 0 Å². The Kier molecular flexibility index (Phi) is 6.53. The molecular formula is C14H24N2O3. The highest BCUT2D eigenvalue weighted by Gasteiger charge is 2.33. The average Bonchev–Trinajstić information content (AvgIpc) is 2.68. The Bertz CT molecular complexity index is 334. The maximum Gasteiger partial charge on any atom is 0.230 e. The van der Waals surface area contributed by atoms with E-state index in [0.717, 1.165) is 38.8 Å². The average molecular weight is 268 g/mol. The first-order chi connectivity index (χ1) is 9.08. The maximum absolute atomic E-state index is 12.2. The third-order valence-electron chi connectivity index (χ3n) is 3.40. The van der Waals surface area contributed by atoms with Crippen molar-refractivity contribution in [2.45, 2.75) is 52.4 Å². The molecule has 0 aromatic heterocycles. The Morgan fingerprint density at radius 3 is 2.21 bits per heavy atom. The number of nitrogens with one attached hydrogen (secondary N) is 1. The number of imide groups is 1. The van der Waals surface area contributed by atoms with Gasteiger partial charge in [0.2, 0.25) is 17.7 Å². The van der Waals surface area contributed by atoms with Crippen molar-refractivity contribution in [2.24, 2.45) is 5.92 Å². The lowest BCUT2D eigenvalue weighted by atomic mass is 10.0. The summed E-state index contributed by atoms with van der Waals surface area (Å²) in [6, 6.07) is 0. The highest BCUT2D eigenvalue weighted by molar-refractivity contribution is 6.04. The number of carbonyl (C=O) groups is 3. The lowest BCUT2D eigenvalue weighted by molar-refractivity contribution is -0.135. The summed E-state index contributed by atoms with van der Waals surface area (Å²) in [6.45, 7) is 5.67. The first kappa shape index (κ1) is 15.7.